The molecule has 0 saturated carbocycles. The number of anilines is 2. The van der Waals surface area contributed by atoms with E-state index in [4.69, 9.17) is 11.6 Å². The second-order valence-electron chi connectivity index (χ2n) is 4.17. The van der Waals surface area contributed by atoms with Gasteiger partial charge < -0.3 is 10.2 Å². The fourth-order valence-electron chi connectivity index (χ4n) is 2.28. The van der Waals surface area contributed by atoms with Gasteiger partial charge in [-0.1, -0.05) is 11.6 Å². The molecule has 2 aliphatic heterocycles. The minimum Gasteiger partial charge on any atom is -0.356 e. The number of rotatable bonds is 0. The van der Waals surface area contributed by atoms with Crippen LogP contribution in [-0.4, -0.2) is 34.2 Å². The van der Waals surface area contributed by atoms with Crippen LogP contribution in [0.5, 0.6) is 0 Å². The molecule has 1 aromatic carbocycles. The summed E-state index contributed by atoms with van der Waals surface area (Å²) in [7, 11) is -0.897. The molecule has 0 radical (unpaired) electrons. The number of fused-ring (bicyclic) bond motifs is 3. The molecule has 1 aromatic rings. The third-order valence-electron chi connectivity index (χ3n) is 3.11. The predicted octanol–water partition coefficient (Wildman–Crippen LogP) is 1.23. The van der Waals surface area contributed by atoms with Crippen LogP contribution in [0.4, 0.5) is 11.4 Å². The van der Waals surface area contributed by atoms with Crippen LogP contribution in [0.2, 0.25) is 5.02 Å². The van der Waals surface area contributed by atoms with Crippen molar-refractivity contribution in [3.05, 3.63) is 23.2 Å². The van der Waals surface area contributed by atoms with Crippen molar-refractivity contribution in [1.29, 1.82) is 0 Å². The van der Waals surface area contributed by atoms with E-state index >= 15 is 0 Å². The molecular weight excluding hydrogens is 260 g/mol. The lowest BCUT2D eigenvalue weighted by Crippen LogP contribution is -2.55. The Labute approximate surface area is 106 Å². The van der Waals surface area contributed by atoms with Gasteiger partial charge in [0.2, 0.25) is 5.91 Å². The van der Waals surface area contributed by atoms with Gasteiger partial charge in [0.05, 0.1) is 17.1 Å². The van der Waals surface area contributed by atoms with E-state index in [1.807, 2.05) is 11.0 Å². The van der Waals surface area contributed by atoms with Crippen molar-refractivity contribution in [1.82, 2.24) is 0 Å². The summed E-state index contributed by atoms with van der Waals surface area (Å²) >= 11 is 5.97. The maximum Gasteiger partial charge on any atom is 0.248 e. The highest BCUT2D eigenvalue weighted by Gasteiger charge is 2.37. The Balaban J connectivity index is 2.06. The molecular formula is C11H11ClN2O2S. The average molecular weight is 271 g/mol. The lowest BCUT2D eigenvalue weighted by molar-refractivity contribution is -0.117. The number of benzene rings is 1. The van der Waals surface area contributed by atoms with Crippen molar-refractivity contribution in [3.63, 3.8) is 0 Å². The largest absolute Gasteiger partial charge is 0.356 e. The van der Waals surface area contributed by atoms with E-state index in [0.29, 0.717) is 23.1 Å². The highest BCUT2D eigenvalue weighted by molar-refractivity contribution is 7.85. The number of hydrogen-bond donors (Lipinski definition) is 1. The van der Waals surface area contributed by atoms with Gasteiger partial charge in [-0.25, -0.2) is 0 Å². The van der Waals surface area contributed by atoms with Crippen LogP contribution < -0.4 is 10.2 Å². The van der Waals surface area contributed by atoms with Gasteiger partial charge in [-0.3, -0.25) is 9.00 Å². The molecule has 1 saturated heterocycles. The number of hydrogen-bond acceptors (Lipinski definition) is 3. The molecule has 1 fully saturated rings. The zero-order valence-corrected chi connectivity index (χ0v) is 10.6. The lowest BCUT2D eigenvalue weighted by atomic mass is 10.1. The fraction of sp³-hybridized carbons (Fsp3) is 0.364. The molecule has 0 aliphatic carbocycles. The number of halogens is 1. The van der Waals surface area contributed by atoms with Gasteiger partial charge in [-0.05, 0) is 18.2 Å². The number of amides is 1. The molecule has 90 valence electrons. The first-order valence-corrected chi connectivity index (χ1v) is 7.24. The zero-order valence-electron chi connectivity index (χ0n) is 8.98. The lowest BCUT2D eigenvalue weighted by Gasteiger charge is -2.40. The van der Waals surface area contributed by atoms with Crippen LogP contribution in [0.3, 0.4) is 0 Å². The molecule has 0 spiro atoms. The SMILES string of the molecule is O=C1Nc2ccc(Cl)cc2N2CCS(=O)CC12. The topological polar surface area (TPSA) is 49.4 Å². The molecule has 0 bridgehead atoms. The number of nitrogens with zero attached hydrogens (tertiary/aromatic N) is 1. The molecule has 2 atom stereocenters. The molecule has 2 heterocycles. The minimum absolute atomic E-state index is 0.0760. The Kier molecular flexibility index (Phi) is 2.60. The quantitative estimate of drug-likeness (QED) is 0.771. The van der Waals surface area contributed by atoms with Gasteiger partial charge in [-0.15, -0.1) is 0 Å². The first-order valence-electron chi connectivity index (χ1n) is 5.37. The highest BCUT2D eigenvalue weighted by Crippen LogP contribution is 2.35. The van der Waals surface area contributed by atoms with Gasteiger partial charge in [0, 0.05) is 28.1 Å². The average Bonchev–Trinajstić information content (AvgIpc) is 2.30. The van der Waals surface area contributed by atoms with Crippen LogP contribution in [0.15, 0.2) is 18.2 Å². The first-order chi connectivity index (χ1) is 8.15. The summed E-state index contributed by atoms with van der Waals surface area (Å²) in [5.74, 6) is 0.931. The standard InChI is InChI=1S/C11H11ClN2O2S/c12-7-1-2-8-9(5-7)14-3-4-17(16)6-10(14)11(15)13-8/h1-2,5,10H,3-4,6H2,(H,13,15). The van der Waals surface area contributed by atoms with E-state index in [0.717, 1.165) is 11.4 Å². The molecule has 4 nitrogen and oxygen atoms in total. The van der Waals surface area contributed by atoms with Crippen LogP contribution in [0.1, 0.15) is 0 Å². The third kappa shape index (κ3) is 1.83. The second kappa shape index (κ2) is 3.99. The normalized spacial score (nSPS) is 27.1. The molecule has 6 heteroatoms. The molecule has 2 unspecified atom stereocenters. The summed E-state index contributed by atoms with van der Waals surface area (Å²) in [5.41, 5.74) is 1.71. The van der Waals surface area contributed by atoms with Crippen molar-refractivity contribution < 1.29 is 9.00 Å². The maximum absolute atomic E-state index is 11.9. The van der Waals surface area contributed by atoms with Crippen molar-refractivity contribution in [2.75, 3.05) is 28.3 Å². The number of nitrogens with one attached hydrogen (secondary N) is 1. The Hall–Kier alpha value is -1.07. The Morgan fingerprint density at radius 3 is 3.12 bits per heavy atom. The smallest absolute Gasteiger partial charge is 0.248 e. The van der Waals surface area contributed by atoms with Gasteiger partial charge in [0.25, 0.3) is 0 Å². The summed E-state index contributed by atoms with van der Waals surface area (Å²) in [6.45, 7) is 0.637. The van der Waals surface area contributed by atoms with Gasteiger partial charge in [-0.2, -0.15) is 0 Å². The van der Waals surface area contributed by atoms with Crippen LogP contribution in [-0.2, 0) is 15.6 Å². The van der Waals surface area contributed by atoms with Crippen LogP contribution >= 0.6 is 11.6 Å². The maximum atomic E-state index is 11.9. The Morgan fingerprint density at radius 1 is 1.47 bits per heavy atom. The van der Waals surface area contributed by atoms with E-state index in [1.54, 1.807) is 12.1 Å². The molecule has 3 rings (SSSR count). The van der Waals surface area contributed by atoms with Gasteiger partial charge in [0.1, 0.15) is 6.04 Å². The van der Waals surface area contributed by atoms with Gasteiger partial charge in [0.15, 0.2) is 0 Å². The Morgan fingerprint density at radius 2 is 2.29 bits per heavy atom. The van der Waals surface area contributed by atoms with Crippen molar-refractivity contribution in [2.24, 2.45) is 0 Å². The van der Waals surface area contributed by atoms with E-state index < -0.39 is 10.8 Å². The fourth-order valence-corrected chi connectivity index (χ4v) is 3.69. The van der Waals surface area contributed by atoms with Crippen molar-refractivity contribution >= 4 is 39.7 Å². The molecule has 2 aliphatic rings. The van der Waals surface area contributed by atoms with Crippen LogP contribution in [0.25, 0.3) is 0 Å². The van der Waals surface area contributed by atoms with E-state index in [1.165, 1.54) is 0 Å². The summed E-state index contributed by atoms with van der Waals surface area (Å²) in [4.78, 5) is 13.9. The Bertz CT molecular complexity index is 520. The molecule has 17 heavy (non-hydrogen) atoms. The summed E-state index contributed by atoms with van der Waals surface area (Å²) in [5, 5.41) is 3.48. The van der Waals surface area contributed by atoms with Crippen molar-refractivity contribution in [3.8, 4) is 0 Å². The monoisotopic (exact) mass is 270 g/mol. The zero-order chi connectivity index (χ0) is 12.0. The first kappa shape index (κ1) is 11.0. The minimum atomic E-state index is -0.897. The second-order valence-corrected chi connectivity index (χ2v) is 6.23. The molecule has 1 N–H and O–H groups in total. The number of carbonyl (C=O) groups excluding carboxylic acids is 1. The van der Waals surface area contributed by atoms with E-state index in [-0.39, 0.29) is 11.9 Å². The predicted molar refractivity (Wildman–Crippen MR) is 69.1 cm³/mol. The summed E-state index contributed by atoms with van der Waals surface area (Å²) in [6, 6.07) is 5.08. The third-order valence-corrected chi connectivity index (χ3v) is 4.67. The summed E-state index contributed by atoms with van der Waals surface area (Å²) < 4.78 is 11.5. The number of carbonyl (C=O) groups is 1. The van der Waals surface area contributed by atoms with Crippen LogP contribution in [0, 0.1) is 0 Å². The molecule has 0 aromatic heterocycles. The van der Waals surface area contributed by atoms with E-state index in [9.17, 15) is 9.00 Å². The van der Waals surface area contributed by atoms with E-state index in [2.05, 4.69) is 5.32 Å². The van der Waals surface area contributed by atoms with Gasteiger partial charge >= 0.3 is 0 Å². The summed E-state index contributed by atoms with van der Waals surface area (Å²) in [6.07, 6.45) is 0. The van der Waals surface area contributed by atoms with Crippen molar-refractivity contribution in [2.45, 2.75) is 6.04 Å². The highest BCUT2D eigenvalue weighted by atomic mass is 35.5. The molecule has 1 amide bonds.